The van der Waals surface area contributed by atoms with E-state index in [9.17, 15) is 13.2 Å². The lowest BCUT2D eigenvalue weighted by Crippen LogP contribution is -2.09. The number of halogens is 3. The van der Waals surface area contributed by atoms with E-state index in [1.54, 1.807) is 0 Å². The van der Waals surface area contributed by atoms with Gasteiger partial charge in [0.2, 0.25) is 11.6 Å². The second-order valence-electron chi connectivity index (χ2n) is 2.44. The highest BCUT2D eigenvalue weighted by Crippen LogP contribution is 2.45. The van der Waals surface area contributed by atoms with Crippen LogP contribution in [0.4, 0.5) is 13.2 Å². The molecule has 0 saturated heterocycles. The van der Waals surface area contributed by atoms with Gasteiger partial charge in [0, 0.05) is 6.07 Å². The maximum atomic E-state index is 13.0. The predicted molar refractivity (Wildman–Crippen MR) is 38.9 cm³/mol. The van der Waals surface area contributed by atoms with Crippen molar-refractivity contribution in [2.75, 3.05) is 0 Å². The minimum Gasteiger partial charge on any atom is -0.536 e. The fraction of sp³-hybridized carbons (Fsp3) is 0.143. The number of benzene rings is 1. The Kier molecular flexibility index (Phi) is 2.03. The van der Waals surface area contributed by atoms with Gasteiger partial charge in [-0.05, 0) is 0 Å². The summed E-state index contributed by atoms with van der Waals surface area (Å²) < 4.78 is 51.5. The number of hydrogen-bond donors (Lipinski definition) is 0. The second-order valence-corrected chi connectivity index (χ2v) is 2.65. The van der Waals surface area contributed by atoms with Crippen LogP contribution in [0.3, 0.4) is 0 Å². The Hall–Kier alpha value is -1.37. The summed E-state index contributed by atoms with van der Waals surface area (Å²) in [4.78, 5) is 0. The normalized spacial score (nSPS) is 18.4. The fourth-order valence-electron chi connectivity index (χ4n) is 1.07. The van der Waals surface area contributed by atoms with Gasteiger partial charge < -0.3 is 13.9 Å². The molecule has 2 rings (SSSR count). The van der Waals surface area contributed by atoms with E-state index in [4.69, 9.17) is 0 Å². The van der Waals surface area contributed by atoms with Crippen LogP contribution < -0.4 is 13.9 Å². The van der Waals surface area contributed by atoms with Crippen LogP contribution in [0.25, 0.3) is 0 Å². The summed E-state index contributed by atoms with van der Waals surface area (Å²) in [6.07, 6.45) is 0. The molecular formula is C7H2F3O3Si. The van der Waals surface area contributed by atoms with Gasteiger partial charge in [0.05, 0.1) is 0 Å². The van der Waals surface area contributed by atoms with Crippen molar-refractivity contribution >= 4 is 10.5 Å². The molecule has 0 aliphatic carbocycles. The molecule has 0 spiro atoms. The third kappa shape index (κ3) is 1.20. The maximum Gasteiger partial charge on any atom is 0.397 e. The number of ether oxygens (including phenoxy) is 2. The molecule has 0 aromatic heterocycles. The standard InChI is InChI=1S/C7H2F3O3Si/c8-2-1-3-5(12-7(10)11-3)6(13-14)4(2)9/h1,7H. The molecule has 0 amide bonds. The van der Waals surface area contributed by atoms with Crippen LogP contribution in [0.1, 0.15) is 0 Å². The Morgan fingerprint density at radius 2 is 2.07 bits per heavy atom. The molecule has 1 aromatic carbocycles. The number of hydrogen-bond acceptors (Lipinski definition) is 3. The average molecular weight is 219 g/mol. The first kappa shape index (κ1) is 9.19. The van der Waals surface area contributed by atoms with Crippen molar-refractivity contribution < 1.29 is 27.1 Å². The third-order valence-corrected chi connectivity index (χ3v) is 1.83. The van der Waals surface area contributed by atoms with Gasteiger partial charge in [-0.1, -0.05) is 0 Å². The summed E-state index contributed by atoms with van der Waals surface area (Å²) >= 11 is 0. The van der Waals surface area contributed by atoms with E-state index in [1.807, 2.05) is 0 Å². The molecule has 1 aliphatic rings. The summed E-state index contributed by atoms with van der Waals surface area (Å²) in [6.45, 7) is -2.08. The van der Waals surface area contributed by atoms with Crippen molar-refractivity contribution in [2.24, 2.45) is 0 Å². The first-order valence-corrected chi connectivity index (χ1v) is 3.87. The van der Waals surface area contributed by atoms with Crippen LogP contribution in [0, 0.1) is 11.6 Å². The summed E-state index contributed by atoms with van der Waals surface area (Å²) in [5, 5.41) is 0. The van der Waals surface area contributed by atoms with Crippen LogP contribution >= 0.6 is 0 Å². The molecule has 0 bridgehead atoms. The molecule has 7 heteroatoms. The van der Waals surface area contributed by atoms with E-state index in [1.165, 1.54) is 0 Å². The zero-order valence-electron chi connectivity index (χ0n) is 6.51. The van der Waals surface area contributed by atoms with Gasteiger partial charge in [0.15, 0.2) is 17.3 Å². The average Bonchev–Trinajstić information content (AvgIpc) is 2.47. The number of rotatable bonds is 1. The third-order valence-electron chi connectivity index (χ3n) is 1.63. The lowest BCUT2D eigenvalue weighted by Gasteiger charge is -2.05. The molecular weight excluding hydrogens is 217 g/mol. The minimum absolute atomic E-state index is 0.246. The second kappa shape index (κ2) is 3.09. The number of alkyl halides is 1. The van der Waals surface area contributed by atoms with Crippen LogP contribution in [0.2, 0.25) is 0 Å². The molecule has 3 nitrogen and oxygen atoms in total. The maximum absolute atomic E-state index is 13.0. The van der Waals surface area contributed by atoms with Crippen LogP contribution in [-0.4, -0.2) is 17.0 Å². The molecule has 1 aromatic rings. The Morgan fingerprint density at radius 3 is 2.71 bits per heavy atom. The van der Waals surface area contributed by atoms with Crippen LogP contribution in [0.5, 0.6) is 17.2 Å². The van der Waals surface area contributed by atoms with E-state index < -0.39 is 23.9 Å². The van der Waals surface area contributed by atoms with Gasteiger partial charge in [0.1, 0.15) is 0 Å². The summed E-state index contributed by atoms with van der Waals surface area (Å²) in [6, 6.07) is 0.680. The Morgan fingerprint density at radius 1 is 1.36 bits per heavy atom. The van der Waals surface area contributed by atoms with Gasteiger partial charge in [-0.3, -0.25) is 0 Å². The Labute approximate surface area is 79.9 Å². The first-order chi connectivity index (χ1) is 6.63. The molecule has 3 radical (unpaired) electrons. The van der Waals surface area contributed by atoms with Crippen LogP contribution in [-0.2, 0) is 0 Å². The molecule has 1 aliphatic heterocycles. The van der Waals surface area contributed by atoms with Gasteiger partial charge in [-0.15, -0.1) is 0 Å². The fourth-order valence-corrected chi connectivity index (χ4v) is 1.25. The van der Waals surface area contributed by atoms with Gasteiger partial charge in [-0.2, -0.15) is 8.78 Å². The van der Waals surface area contributed by atoms with E-state index in [0.29, 0.717) is 6.07 Å². The van der Waals surface area contributed by atoms with E-state index in [2.05, 4.69) is 24.4 Å². The largest absolute Gasteiger partial charge is 0.536 e. The molecule has 0 fully saturated rings. The van der Waals surface area contributed by atoms with E-state index in [0.717, 1.165) is 0 Å². The van der Waals surface area contributed by atoms with Crippen molar-refractivity contribution in [3.8, 4) is 17.2 Å². The molecule has 14 heavy (non-hydrogen) atoms. The molecule has 1 atom stereocenters. The van der Waals surface area contributed by atoms with Crippen LogP contribution in [0.15, 0.2) is 6.07 Å². The highest BCUT2D eigenvalue weighted by molar-refractivity contribution is 6.00. The first-order valence-electron chi connectivity index (χ1n) is 3.46. The summed E-state index contributed by atoms with van der Waals surface area (Å²) in [5.41, 5.74) is 0. The van der Waals surface area contributed by atoms with Gasteiger partial charge >= 0.3 is 17.0 Å². The van der Waals surface area contributed by atoms with Crippen molar-refractivity contribution in [2.45, 2.75) is 6.54 Å². The van der Waals surface area contributed by atoms with Crippen molar-refractivity contribution in [1.82, 2.24) is 0 Å². The predicted octanol–water partition coefficient (Wildman–Crippen LogP) is 1.45. The summed E-state index contributed by atoms with van der Waals surface area (Å²) in [5.74, 6) is -3.64. The lowest BCUT2D eigenvalue weighted by molar-refractivity contribution is -0.0656. The number of fused-ring (bicyclic) bond motifs is 1. The van der Waals surface area contributed by atoms with Crippen molar-refractivity contribution in [3.63, 3.8) is 0 Å². The molecule has 73 valence electrons. The van der Waals surface area contributed by atoms with Crippen molar-refractivity contribution in [3.05, 3.63) is 17.7 Å². The molecule has 0 saturated carbocycles. The minimum atomic E-state index is -2.08. The SMILES string of the molecule is Fc1cc2c(c(O[Si])c1F)OC(F)O2. The molecule has 0 N–H and O–H groups in total. The van der Waals surface area contributed by atoms with Crippen molar-refractivity contribution in [1.29, 1.82) is 0 Å². The molecule has 1 heterocycles. The smallest absolute Gasteiger partial charge is 0.397 e. The summed E-state index contributed by atoms with van der Waals surface area (Å²) in [7, 11) is 2.50. The highest BCUT2D eigenvalue weighted by atomic mass is 28.2. The topological polar surface area (TPSA) is 27.7 Å². The van der Waals surface area contributed by atoms with Gasteiger partial charge in [0.25, 0.3) is 0 Å². The highest BCUT2D eigenvalue weighted by Gasteiger charge is 2.31. The molecule has 1 unspecified atom stereocenters. The Balaban J connectivity index is 2.59. The Bertz CT molecular complexity index is 385. The van der Waals surface area contributed by atoms with Gasteiger partial charge in [-0.25, -0.2) is 4.39 Å². The van der Waals surface area contributed by atoms with E-state index in [-0.39, 0.29) is 11.5 Å². The lowest BCUT2D eigenvalue weighted by atomic mass is 10.3. The quantitative estimate of drug-likeness (QED) is 0.669. The monoisotopic (exact) mass is 219 g/mol. The van der Waals surface area contributed by atoms with E-state index >= 15 is 0 Å². The zero-order chi connectivity index (χ0) is 10.3. The zero-order valence-corrected chi connectivity index (χ0v) is 7.51.